The highest BCUT2D eigenvalue weighted by atomic mass is 35.5. The van der Waals surface area contributed by atoms with E-state index < -0.39 is 0 Å². The second-order valence-electron chi connectivity index (χ2n) is 4.21. The van der Waals surface area contributed by atoms with Gasteiger partial charge in [0, 0.05) is 31.8 Å². The fourth-order valence-electron chi connectivity index (χ4n) is 1.97. The molecule has 3 aromatic heterocycles. The van der Waals surface area contributed by atoms with Gasteiger partial charge in [-0.3, -0.25) is 4.40 Å². The molecule has 0 aliphatic rings. The number of methoxy groups -OCH3 is 1. The largest absolute Gasteiger partial charge is 0.383 e. The maximum absolute atomic E-state index is 5.93. The molecule has 0 fully saturated rings. The van der Waals surface area contributed by atoms with Gasteiger partial charge >= 0.3 is 0 Å². The summed E-state index contributed by atoms with van der Waals surface area (Å²) in [5.74, 6) is 0.800. The molecular weight excluding hydrogens is 298 g/mol. The van der Waals surface area contributed by atoms with E-state index in [9.17, 15) is 0 Å². The van der Waals surface area contributed by atoms with Crippen LogP contribution >= 0.6 is 22.9 Å². The number of thiazole rings is 1. The molecule has 8 heteroatoms. The molecule has 3 aromatic rings. The molecule has 1 N–H and O–H groups in total. The predicted octanol–water partition coefficient (Wildman–Crippen LogP) is 1.97. The zero-order valence-corrected chi connectivity index (χ0v) is 12.5. The van der Waals surface area contributed by atoms with Gasteiger partial charge in [0.25, 0.3) is 0 Å². The first-order valence-corrected chi connectivity index (χ1v) is 7.40. The molecule has 6 nitrogen and oxygen atoms in total. The summed E-state index contributed by atoms with van der Waals surface area (Å²) in [4.78, 5) is 5.55. The van der Waals surface area contributed by atoms with Crippen molar-refractivity contribution < 1.29 is 4.74 Å². The van der Waals surface area contributed by atoms with Crippen molar-refractivity contribution >= 4 is 27.9 Å². The van der Waals surface area contributed by atoms with Crippen LogP contribution < -0.4 is 5.32 Å². The Morgan fingerprint density at radius 2 is 2.40 bits per heavy atom. The minimum absolute atomic E-state index is 0.597. The van der Waals surface area contributed by atoms with Gasteiger partial charge in [-0.1, -0.05) is 11.6 Å². The second kappa shape index (κ2) is 5.92. The molecular formula is C12H14ClN5OS. The molecule has 3 heterocycles. The number of hydrogen-bond donors (Lipinski definition) is 1. The van der Waals surface area contributed by atoms with Crippen molar-refractivity contribution in [3.05, 3.63) is 34.7 Å². The molecule has 0 aliphatic heterocycles. The van der Waals surface area contributed by atoms with Crippen molar-refractivity contribution in [1.82, 2.24) is 24.5 Å². The molecule has 0 unspecified atom stereocenters. The van der Waals surface area contributed by atoms with Crippen LogP contribution in [0.25, 0.3) is 10.8 Å². The number of halogens is 1. The van der Waals surface area contributed by atoms with Gasteiger partial charge in [-0.2, -0.15) is 10.1 Å². The zero-order chi connectivity index (χ0) is 13.9. The molecule has 0 aromatic carbocycles. The first kappa shape index (κ1) is 13.6. The zero-order valence-electron chi connectivity index (χ0n) is 10.9. The van der Waals surface area contributed by atoms with Crippen LogP contribution in [0.5, 0.6) is 0 Å². The smallest absolute Gasteiger partial charge is 0.196 e. The minimum atomic E-state index is 0.597. The van der Waals surface area contributed by atoms with Crippen molar-refractivity contribution in [2.45, 2.75) is 6.54 Å². The van der Waals surface area contributed by atoms with Crippen molar-refractivity contribution in [2.75, 3.05) is 20.3 Å². The van der Waals surface area contributed by atoms with E-state index in [0.717, 1.165) is 23.0 Å². The van der Waals surface area contributed by atoms with Crippen LogP contribution in [0.15, 0.2) is 24.0 Å². The Balaban J connectivity index is 1.92. The summed E-state index contributed by atoms with van der Waals surface area (Å²) in [5, 5.41) is 10.2. The summed E-state index contributed by atoms with van der Waals surface area (Å²) in [6.45, 7) is 2.15. The average molecular weight is 312 g/mol. The van der Waals surface area contributed by atoms with Crippen molar-refractivity contribution in [1.29, 1.82) is 0 Å². The van der Waals surface area contributed by atoms with E-state index in [1.54, 1.807) is 35.5 Å². The summed E-state index contributed by atoms with van der Waals surface area (Å²) >= 11 is 7.53. The van der Waals surface area contributed by atoms with Crippen LogP contribution in [0.2, 0.25) is 5.02 Å². The molecule has 0 saturated carbocycles. The van der Waals surface area contributed by atoms with Crippen LogP contribution in [0.4, 0.5) is 0 Å². The summed E-state index contributed by atoms with van der Waals surface area (Å²) in [7, 11) is 1.69. The van der Waals surface area contributed by atoms with Gasteiger partial charge in [-0.15, -0.1) is 11.3 Å². The lowest BCUT2D eigenvalue weighted by atomic mass is 10.4. The Bertz CT molecular complexity index is 704. The topological polar surface area (TPSA) is 56.4 Å². The third kappa shape index (κ3) is 2.57. The van der Waals surface area contributed by atoms with Gasteiger partial charge in [-0.05, 0) is 0 Å². The summed E-state index contributed by atoms with van der Waals surface area (Å²) in [5.41, 5.74) is 1.05. The Hall–Kier alpha value is -1.41. The number of nitrogens with zero attached hydrogens (tertiary/aromatic N) is 4. The molecule has 0 atom stereocenters. The molecule has 106 valence electrons. The number of aromatic nitrogens is 4. The summed E-state index contributed by atoms with van der Waals surface area (Å²) < 4.78 is 8.80. The highest BCUT2D eigenvalue weighted by molar-refractivity contribution is 7.15. The lowest BCUT2D eigenvalue weighted by molar-refractivity contribution is 0.199. The SMILES string of the molecule is COCCNCc1c(-n2cc(Cl)cn2)nc2sccn12. The van der Waals surface area contributed by atoms with Crippen LogP contribution in [0.1, 0.15) is 5.69 Å². The molecule has 20 heavy (non-hydrogen) atoms. The maximum atomic E-state index is 5.93. The van der Waals surface area contributed by atoms with Gasteiger partial charge in [0.1, 0.15) is 0 Å². The first-order chi connectivity index (χ1) is 9.79. The van der Waals surface area contributed by atoms with Crippen molar-refractivity contribution in [3.8, 4) is 5.82 Å². The van der Waals surface area contributed by atoms with E-state index in [4.69, 9.17) is 16.3 Å². The molecule has 3 rings (SSSR count). The molecule has 0 amide bonds. The Morgan fingerprint density at radius 3 is 3.15 bits per heavy atom. The monoisotopic (exact) mass is 311 g/mol. The van der Waals surface area contributed by atoms with Crippen LogP contribution in [-0.4, -0.2) is 39.4 Å². The number of hydrogen-bond acceptors (Lipinski definition) is 5. The highest BCUT2D eigenvalue weighted by Crippen LogP contribution is 2.21. The average Bonchev–Trinajstić information content (AvgIpc) is 3.10. The van der Waals surface area contributed by atoms with E-state index in [2.05, 4.69) is 19.8 Å². The predicted molar refractivity (Wildman–Crippen MR) is 78.8 cm³/mol. The number of imidazole rings is 1. The highest BCUT2D eigenvalue weighted by Gasteiger charge is 2.15. The van der Waals surface area contributed by atoms with E-state index in [1.807, 2.05) is 11.6 Å². The third-order valence-corrected chi connectivity index (χ3v) is 3.84. The van der Waals surface area contributed by atoms with Gasteiger partial charge in [-0.25, -0.2) is 4.68 Å². The minimum Gasteiger partial charge on any atom is -0.383 e. The fraction of sp³-hybridized carbons (Fsp3) is 0.333. The van der Waals surface area contributed by atoms with Gasteiger partial charge < -0.3 is 10.1 Å². The lowest BCUT2D eigenvalue weighted by Gasteiger charge is -2.06. The lowest BCUT2D eigenvalue weighted by Crippen LogP contribution is -2.20. The Morgan fingerprint density at radius 1 is 1.50 bits per heavy atom. The van der Waals surface area contributed by atoms with Gasteiger partial charge in [0.05, 0.1) is 29.7 Å². The molecule has 0 spiro atoms. The van der Waals surface area contributed by atoms with E-state index in [1.165, 1.54) is 0 Å². The quantitative estimate of drug-likeness (QED) is 0.707. The second-order valence-corrected chi connectivity index (χ2v) is 5.52. The molecule has 0 saturated heterocycles. The summed E-state index contributed by atoms with van der Waals surface area (Å²) in [6.07, 6.45) is 5.37. The normalized spacial score (nSPS) is 11.5. The van der Waals surface area contributed by atoms with Crippen LogP contribution in [-0.2, 0) is 11.3 Å². The van der Waals surface area contributed by atoms with Gasteiger partial charge in [0.2, 0.25) is 0 Å². The van der Waals surface area contributed by atoms with Crippen molar-refractivity contribution in [2.24, 2.45) is 0 Å². The fourth-order valence-corrected chi connectivity index (χ4v) is 2.83. The van der Waals surface area contributed by atoms with E-state index >= 15 is 0 Å². The van der Waals surface area contributed by atoms with E-state index in [-0.39, 0.29) is 0 Å². The van der Waals surface area contributed by atoms with Crippen LogP contribution in [0, 0.1) is 0 Å². The molecule has 0 radical (unpaired) electrons. The standard InChI is InChI=1S/C12H14ClN5OS/c1-19-4-2-14-7-10-11(18-8-9(13)6-15-18)16-12-17(10)3-5-20-12/h3,5-6,8,14H,2,4,7H2,1H3. The maximum Gasteiger partial charge on any atom is 0.196 e. The van der Waals surface area contributed by atoms with Gasteiger partial charge in [0.15, 0.2) is 10.8 Å². The van der Waals surface area contributed by atoms with Crippen molar-refractivity contribution in [3.63, 3.8) is 0 Å². The summed E-state index contributed by atoms with van der Waals surface area (Å²) in [6, 6.07) is 0. The number of ether oxygens (including phenoxy) is 1. The van der Waals surface area contributed by atoms with E-state index in [0.29, 0.717) is 18.2 Å². The number of nitrogens with one attached hydrogen (secondary N) is 1. The third-order valence-electron chi connectivity index (χ3n) is 2.88. The van der Waals surface area contributed by atoms with Crippen LogP contribution in [0.3, 0.4) is 0 Å². The molecule has 0 bridgehead atoms. The number of rotatable bonds is 6. The Labute approximate surface area is 125 Å². The number of fused-ring (bicyclic) bond motifs is 1. The Kier molecular flexibility index (Phi) is 4.02. The first-order valence-electron chi connectivity index (χ1n) is 6.14. The molecule has 0 aliphatic carbocycles.